The van der Waals surface area contributed by atoms with E-state index < -0.39 is 0 Å². The van der Waals surface area contributed by atoms with Gasteiger partial charge in [0.1, 0.15) is 0 Å². The number of thiocarbonyl (C=S) groups is 1. The maximum atomic E-state index is 12.8. The summed E-state index contributed by atoms with van der Waals surface area (Å²) in [6.07, 6.45) is 2.63. The van der Waals surface area contributed by atoms with E-state index in [-0.39, 0.29) is 11.7 Å². The van der Waals surface area contributed by atoms with Crippen LogP contribution in [-0.4, -0.2) is 10.6 Å². The minimum Gasteiger partial charge on any atom is -0.402 e. The fourth-order valence-electron chi connectivity index (χ4n) is 2.82. The van der Waals surface area contributed by atoms with Crippen LogP contribution in [0.25, 0.3) is 11.1 Å². The van der Waals surface area contributed by atoms with Crippen LogP contribution in [0.15, 0.2) is 54.2 Å². The summed E-state index contributed by atoms with van der Waals surface area (Å²) in [5.74, 6) is 0.157. The largest absolute Gasteiger partial charge is 0.402 e. The standard InChI is InChI=1S/C22H25NOS/c1-5-16-7-6-8-19(21(16)22(24)14(2)3)17-9-11-18(12-10-17)20(25)13-15(4)23/h6-14H,5,23H2,1-4H3/b15-13-. The van der Waals surface area contributed by atoms with Gasteiger partial charge in [-0.2, -0.15) is 0 Å². The number of nitrogens with two attached hydrogens (primary N) is 1. The van der Waals surface area contributed by atoms with Gasteiger partial charge in [-0.1, -0.05) is 75.5 Å². The Morgan fingerprint density at radius 1 is 1.16 bits per heavy atom. The second-order valence-electron chi connectivity index (χ2n) is 6.54. The molecule has 0 radical (unpaired) electrons. The van der Waals surface area contributed by atoms with Gasteiger partial charge in [0.2, 0.25) is 0 Å². The Morgan fingerprint density at radius 3 is 2.32 bits per heavy atom. The lowest BCUT2D eigenvalue weighted by Crippen LogP contribution is -2.12. The zero-order valence-electron chi connectivity index (χ0n) is 15.3. The van der Waals surface area contributed by atoms with E-state index in [1.165, 1.54) is 0 Å². The third-order valence-electron chi connectivity index (χ3n) is 4.14. The number of aryl methyl sites for hydroxylation is 1. The number of rotatable bonds is 6. The summed E-state index contributed by atoms with van der Waals surface area (Å²) in [5, 5.41) is 0. The average molecular weight is 352 g/mol. The van der Waals surface area contributed by atoms with E-state index in [1.54, 1.807) is 6.08 Å². The zero-order chi connectivity index (χ0) is 18.6. The van der Waals surface area contributed by atoms with Crippen LogP contribution in [0, 0.1) is 5.92 Å². The first-order valence-electron chi connectivity index (χ1n) is 8.59. The molecular weight excluding hydrogens is 326 g/mol. The fraction of sp³-hybridized carbons (Fsp3) is 0.273. The molecule has 2 rings (SSSR count). The monoisotopic (exact) mass is 351 g/mol. The van der Waals surface area contributed by atoms with E-state index in [0.29, 0.717) is 10.6 Å². The summed E-state index contributed by atoms with van der Waals surface area (Å²) in [6.45, 7) is 7.79. The van der Waals surface area contributed by atoms with Crippen LogP contribution >= 0.6 is 12.2 Å². The lowest BCUT2D eigenvalue weighted by molar-refractivity contribution is 0.0939. The Bertz CT molecular complexity index is 812. The normalized spacial score (nSPS) is 11.6. The number of carbonyl (C=O) groups excluding carboxylic acids is 1. The molecular formula is C22H25NOS. The van der Waals surface area contributed by atoms with Gasteiger partial charge in [-0.3, -0.25) is 4.79 Å². The SMILES string of the molecule is CCc1cccc(-c2ccc(C(=S)/C=C(/C)N)cc2)c1C(=O)C(C)C. The van der Waals surface area contributed by atoms with Gasteiger partial charge in [0.25, 0.3) is 0 Å². The van der Waals surface area contributed by atoms with Gasteiger partial charge in [-0.05, 0) is 41.7 Å². The third-order valence-corrected chi connectivity index (χ3v) is 4.50. The third kappa shape index (κ3) is 4.43. The van der Waals surface area contributed by atoms with Gasteiger partial charge in [0, 0.05) is 22.0 Å². The maximum absolute atomic E-state index is 12.8. The van der Waals surface area contributed by atoms with Crippen molar-refractivity contribution in [3.8, 4) is 11.1 Å². The Hall–Kier alpha value is -2.26. The van der Waals surface area contributed by atoms with Crippen molar-refractivity contribution in [1.29, 1.82) is 0 Å². The van der Waals surface area contributed by atoms with Crippen LogP contribution < -0.4 is 5.73 Å². The molecule has 0 atom stereocenters. The number of ketones is 1. The van der Waals surface area contributed by atoms with Crippen molar-refractivity contribution in [2.24, 2.45) is 11.7 Å². The van der Waals surface area contributed by atoms with Crippen LogP contribution in [0.5, 0.6) is 0 Å². The van der Waals surface area contributed by atoms with Crippen LogP contribution in [-0.2, 0) is 6.42 Å². The molecule has 2 nitrogen and oxygen atoms in total. The predicted octanol–water partition coefficient (Wildman–Crippen LogP) is 5.34. The number of benzene rings is 2. The number of allylic oxidation sites excluding steroid dienone is 2. The number of hydrogen-bond acceptors (Lipinski definition) is 3. The molecule has 25 heavy (non-hydrogen) atoms. The fourth-order valence-corrected chi connectivity index (χ4v) is 3.14. The Balaban J connectivity index is 2.50. The van der Waals surface area contributed by atoms with Gasteiger partial charge in [-0.15, -0.1) is 0 Å². The highest BCUT2D eigenvalue weighted by Gasteiger charge is 2.19. The molecule has 0 fully saturated rings. The van der Waals surface area contributed by atoms with E-state index in [2.05, 4.69) is 6.92 Å². The molecule has 0 bridgehead atoms. The average Bonchev–Trinajstić information content (AvgIpc) is 2.59. The Kier molecular flexibility index (Phi) is 6.27. The van der Waals surface area contributed by atoms with Crippen molar-refractivity contribution in [2.75, 3.05) is 0 Å². The Labute approximate surface area is 155 Å². The van der Waals surface area contributed by atoms with Crippen molar-refractivity contribution in [3.05, 3.63) is 70.9 Å². The first-order valence-corrected chi connectivity index (χ1v) is 9.00. The topological polar surface area (TPSA) is 43.1 Å². The van der Waals surface area contributed by atoms with Crippen LogP contribution in [0.2, 0.25) is 0 Å². The summed E-state index contributed by atoms with van der Waals surface area (Å²) in [6, 6.07) is 14.1. The first kappa shape index (κ1) is 19.1. The number of carbonyl (C=O) groups is 1. The molecule has 130 valence electrons. The zero-order valence-corrected chi connectivity index (χ0v) is 16.1. The van der Waals surface area contributed by atoms with Crippen molar-refractivity contribution >= 4 is 22.9 Å². The molecule has 2 aromatic rings. The molecule has 0 aliphatic heterocycles. The van der Waals surface area contributed by atoms with E-state index >= 15 is 0 Å². The minimum atomic E-state index is -0.0315. The lowest BCUT2D eigenvalue weighted by atomic mass is 9.87. The molecule has 0 aliphatic carbocycles. The number of Topliss-reactive ketones (excluding diaryl/α,β-unsaturated/α-hetero) is 1. The maximum Gasteiger partial charge on any atom is 0.166 e. The van der Waals surface area contributed by atoms with Gasteiger partial charge in [0.05, 0.1) is 0 Å². The lowest BCUT2D eigenvalue weighted by Gasteiger charge is -2.15. The van der Waals surface area contributed by atoms with Crippen molar-refractivity contribution in [3.63, 3.8) is 0 Å². The summed E-state index contributed by atoms with van der Waals surface area (Å²) < 4.78 is 0. The molecule has 0 amide bonds. The number of hydrogen-bond donors (Lipinski definition) is 1. The van der Waals surface area contributed by atoms with E-state index in [0.717, 1.165) is 34.2 Å². The van der Waals surface area contributed by atoms with Crippen molar-refractivity contribution in [1.82, 2.24) is 0 Å². The summed E-state index contributed by atoms with van der Waals surface area (Å²) in [5.41, 5.74) is 11.3. The van der Waals surface area contributed by atoms with E-state index in [4.69, 9.17) is 18.0 Å². The summed E-state index contributed by atoms with van der Waals surface area (Å²) >= 11 is 5.39. The smallest absolute Gasteiger partial charge is 0.166 e. The second-order valence-corrected chi connectivity index (χ2v) is 6.98. The minimum absolute atomic E-state index is 0.0315. The molecule has 0 unspecified atom stereocenters. The van der Waals surface area contributed by atoms with Crippen molar-refractivity contribution < 1.29 is 4.79 Å². The van der Waals surface area contributed by atoms with Crippen LogP contribution in [0.1, 0.15) is 49.2 Å². The van der Waals surface area contributed by atoms with E-state index in [1.807, 2.05) is 63.2 Å². The van der Waals surface area contributed by atoms with Crippen molar-refractivity contribution in [2.45, 2.75) is 34.1 Å². The molecule has 0 heterocycles. The quantitative estimate of drug-likeness (QED) is 0.434. The highest BCUT2D eigenvalue weighted by molar-refractivity contribution is 7.81. The summed E-state index contributed by atoms with van der Waals surface area (Å²) in [4.78, 5) is 13.5. The van der Waals surface area contributed by atoms with Gasteiger partial charge in [0.15, 0.2) is 5.78 Å². The van der Waals surface area contributed by atoms with Crippen LogP contribution in [0.4, 0.5) is 0 Å². The molecule has 0 aromatic heterocycles. The van der Waals surface area contributed by atoms with E-state index in [9.17, 15) is 4.79 Å². The highest BCUT2D eigenvalue weighted by Crippen LogP contribution is 2.29. The molecule has 2 aromatic carbocycles. The molecule has 0 spiro atoms. The Morgan fingerprint density at radius 2 is 1.80 bits per heavy atom. The molecule has 0 saturated heterocycles. The van der Waals surface area contributed by atoms with Gasteiger partial charge >= 0.3 is 0 Å². The molecule has 0 aliphatic rings. The highest BCUT2D eigenvalue weighted by atomic mass is 32.1. The second kappa shape index (κ2) is 8.21. The van der Waals surface area contributed by atoms with Crippen LogP contribution in [0.3, 0.4) is 0 Å². The van der Waals surface area contributed by atoms with Gasteiger partial charge in [-0.25, -0.2) is 0 Å². The van der Waals surface area contributed by atoms with Gasteiger partial charge < -0.3 is 5.73 Å². The molecule has 0 saturated carbocycles. The molecule has 3 heteroatoms. The summed E-state index contributed by atoms with van der Waals surface area (Å²) in [7, 11) is 0. The molecule has 2 N–H and O–H groups in total. The predicted molar refractivity (Wildman–Crippen MR) is 110 cm³/mol. The first-order chi connectivity index (χ1) is 11.8.